The predicted octanol–water partition coefficient (Wildman–Crippen LogP) is -0.935. The van der Waals surface area contributed by atoms with Crippen molar-refractivity contribution in [1.29, 1.82) is 0 Å². The van der Waals surface area contributed by atoms with Gasteiger partial charge in [0.05, 0.1) is 6.10 Å². The fourth-order valence-electron chi connectivity index (χ4n) is 1.17. The average Bonchev–Trinajstić information content (AvgIpc) is 2.23. The Hall–Kier alpha value is -0.490. The topological polar surface area (TPSA) is 98.0 Å². The summed E-state index contributed by atoms with van der Waals surface area (Å²) in [6, 6.07) is 0. The molecule has 0 aliphatic heterocycles. The molecule has 0 unspecified atom stereocenters. The monoisotopic (exact) mass is 220 g/mol. The van der Waals surface area contributed by atoms with Crippen LogP contribution in [0.3, 0.4) is 0 Å². The smallest absolute Gasteiger partial charge is 0.166 e. The molecule has 15 heavy (non-hydrogen) atoms. The third-order valence-corrected chi connectivity index (χ3v) is 2.35. The van der Waals surface area contributed by atoms with Crippen LogP contribution in [-0.2, 0) is 4.79 Å². The molecule has 0 fully saturated rings. The number of aliphatic hydroxyl groups excluding tert-OH is 4. The number of carbonyl (C=O) groups excluding carboxylic acids is 1. The first-order valence-electron chi connectivity index (χ1n) is 5.08. The summed E-state index contributed by atoms with van der Waals surface area (Å²) in [5.41, 5.74) is 0. The lowest BCUT2D eigenvalue weighted by atomic mass is 9.94. The summed E-state index contributed by atoms with van der Waals surface area (Å²) in [4.78, 5) is 11.3. The van der Waals surface area contributed by atoms with E-state index in [0.29, 0.717) is 0 Å². The average molecular weight is 220 g/mol. The first kappa shape index (κ1) is 14.5. The van der Waals surface area contributed by atoms with Gasteiger partial charge in [-0.2, -0.15) is 0 Å². The first-order chi connectivity index (χ1) is 6.82. The van der Waals surface area contributed by atoms with Crippen LogP contribution in [0.2, 0.25) is 0 Å². The quantitative estimate of drug-likeness (QED) is 0.463. The standard InChI is InChI=1S/C10H20O5/c1-4-6(11)8(13)10(15)9(14)7(12)5(2)3/h5-6,8-11,13-15H,4H2,1-3H3/t6-,8-,9+,10+/m1/s1. The van der Waals surface area contributed by atoms with Gasteiger partial charge in [-0.25, -0.2) is 0 Å². The van der Waals surface area contributed by atoms with Crippen LogP contribution in [0.15, 0.2) is 0 Å². The normalized spacial score (nSPS) is 19.7. The van der Waals surface area contributed by atoms with Crippen LogP contribution in [0, 0.1) is 5.92 Å². The maximum Gasteiger partial charge on any atom is 0.166 e. The van der Waals surface area contributed by atoms with Gasteiger partial charge in [-0.15, -0.1) is 0 Å². The molecule has 0 amide bonds. The Bertz CT molecular complexity index is 204. The number of carbonyl (C=O) groups is 1. The maximum absolute atomic E-state index is 11.3. The molecule has 0 saturated carbocycles. The minimum absolute atomic E-state index is 0.237. The Labute approximate surface area is 89.4 Å². The van der Waals surface area contributed by atoms with Crippen molar-refractivity contribution in [2.45, 2.75) is 51.6 Å². The highest BCUT2D eigenvalue weighted by Crippen LogP contribution is 2.11. The van der Waals surface area contributed by atoms with Crippen molar-refractivity contribution in [2.24, 2.45) is 5.92 Å². The number of rotatable bonds is 6. The van der Waals surface area contributed by atoms with Crippen molar-refractivity contribution in [3.05, 3.63) is 0 Å². The van der Waals surface area contributed by atoms with Gasteiger partial charge < -0.3 is 20.4 Å². The van der Waals surface area contributed by atoms with Gasteiger partial charge in [-0.05, 0) is 6.42 Å². The lowest BCUT2D eigenvalue weighted by Gasteiger charge is -2.25. The van der Waals surface area contributed by atoms with Gasteiger partial charge in [-0.3, -0.25) is 4.79 Å². The van der Waals surface area contributed by atoms with E-state index in [1.54, 1.807) is 20.8 Å². The van der Waals surface area contributed by atoms with E-state index in [1.165, 1.54) is 0 Å². The lowest BCUT2D eigenvalue weighted by molar-refractivity contribution is -0.147. The Kier molecular flexibility index (Phi) is 5.97. The number of hydrogen-bond donors (Lipinski definition) is 4. The Morgan fingerprint density at radius 1 is 1.07 bits per heavy atom. The molecule has 0 aromatic heterocycles. The molecule has 0 saturated heterocycles. The summed E-state index contributed by atoms with van der Waals surface area (Å²) in [6.45, 7) is 4.79. The highest BCUT2D eigenvalue weighted by molar-refractivity contribution is 5.85. The van der Waals surface area contributed by atoms with Crippen molar-refractivity contribution >= 4 is 5.78 Å². The molecule has 0 aliphatic carbocycles. The zero-order valence-electron chi connectivity index (χ0n) is 9.29. The number of aliphatic hydroxyl groups is 4. The summed E-state index contributed by atoms with van der Waals surface area (Å²) in [5.74, 6) is -0.981. The van der Waals surface area contributed by atoms with Crippen LogP contribution in [-0.4, -0.2) is 50.6 Å². The van der Waals surface area contributed by atoms with E-state index in [-0.39, 0.29) is 6.42 Å². The molecule has 5 nitrogen and oxygen atoms in total. The van der Waals surface area contributed by atoms with Crippen LogP contribution in [0.4, 0.5) is 0 Å². The number of hydrogen-bond acceptors (Lipinski definition) is 5. The molecule has 0 rings (SSSR count). The second-order valence-corrected chi connectivity index (χ2v) is 3.96. The Morgan fingerprint density at radius 3 is 1.87 bits per heavy atom. The Balaban J connectivity index is 4.43. The summed E-state index contributed by atoms with van der Waals surface area (Å²) >= 11 is 0. The van der Waals surface area contributed by atoms with E-state index >= 15 is 0 Å². The van der Waals surface area contributed by atoms with Crippen LogP contribution in [0.1, 0.15) is 27.2 Å². The van der Waals surface area contributed by atoms with Crippen molar-refractivity contribution in [3.63, 3.8) is 0 Å². The first-order valence-corrected chi connectivity index (χ1v) is 5.08. The van der Waals surface area contributed by atoms with Crippen LogP contribution < -0.4 is 0 Å². The molecule has 0 aromatic rings. The lowest BCUT2D eigenvalue weighted by Crippen LogP contribution is -2.48. The van der Waals surface area contributed by atoms with Crippen LogP contribution in [0.5, 0.6) is 0 Å². The molecule has 0 bridgehead atoms. The molecule has 0 spiro atoms. The minimum atomic E-state index is -1.65. The highest BCUT2D eigenvalue weighted by atomic mass is 16.4. The number of ketones is 1. The molecule has 90 valence electrons. The summed E-state index contributed by atoms with van der Waals surface area (Å²) < 4.78 is 0. The van der Waals surface area contributed by atoms with Crippen LogP contribution >= 0.6 is 0 Å². The van der Waals surface area contributed by atoms with Crippen molar-refractivity contribution in [2.75, 3.05) is 0 Å². The minimum Gasteiger partial charge on any atom is -0.390 e. The molecule has 0 radical (unpaired) electrons. The zero-order chi connectivity index (χ0) is 12.2. The molecule has 0 heterocycles. The van der Waals surface area contributed by atoms with Gasteiger partial charge >= 0.3 is 0 Å². The third-order valence-electron chi connectivity index (χ3n) is 2.35. The molecular weight excluding hydrogens is 200 g/mol. The SMILES string of the molecule is CC[C@@H](O)[C@@H](O)[C@H](O)[C@@H](O)C(=O)C(C)C. The molecule has 4 atom stereocenters. The molecular formula is C10H20O5. The summed E-state index contributed by atoms with van der Waals surface area (Å²) in [5, 5.41) is 37.4. The molecule has 0 aliphatic rings. The van der Waals surface area contributed by atoms with Gasteiger partial charge in [0.25, 0.3) is 0 Å². The van der Waals surface area contributed by atoms with E-state index in [4.69, 9.17) is 0 Å². The van der Waals surface area contributed by atoms with Gasteiger partial charge in [0.1, 0.15) is 18.3 Å². The second-order valence-electron chi connectivity index (χ2n) is 3.96. The highest BCUT2D eigenvalue weighted by Gasteiger charge is 2.34. The molecule has 4 N–H and O–H groups in total. The predicted molar refractivity (Wildman–Crippen MR) is 54.2 cm³/mol. The van der Waals surface area contributed by atoms with E-state index in [1.807, 2.05) is 0 Å². The second kappa shape index (κ2) is 6.17. The summed E-state index contributed by atoms with van der Waals surface area (Å²) in [7, 11) is 0. The zero-order valence-corrected chi connectivity index (χ0v) is 9.29. The third kappa shape index (κ3) is 3.87. The van der Waals surface area contributed by atoms with E-state index in [9.17, 15) is 25.2 Å². The van der Waals surface area contributed by atoms with E-state index in [0.717, 1.165) is 0 Å². The fraction of sp³-hybridized carbons (Fsp3) is 0.900. The largest absolute Gasteiger partial charge is 0.390 e. The number of Topliss-reactive ketones (excluding diaryl/α,β-unsaturated/α-hetero) is 1. The van der Waals surface area contributed by atoms with Gasteiger partial charge in [0, 0.05) is 5.92 Å². The Morgan fingerprint density at radius 2 is 1.53 bits per heavy atom. The van der Waals surface area contributed by atoms with Crippen molar-refractivity contribution in [3.8, 4) is 0 Å². The summed E-state index contributed by atoms with van der Waals surface area (Å²) in [6.07, 6.45) is -5.71. The van der Waals surface area contributed by atoms with Gasteiger partial charge in [-0.1, -0.05) is 20.8 Å². The van der Waals surface area contributed by atoms with Crippen molar-refractivity contribution in [1.82, 2.24) is 0 Å². The van der Waals surface area contributed by atoms with E-state index < -0.39 is 36.1 Å². The van der Waals surface area contributed by atoms with E-state index in [2.05, 4.69) is 0 Å². The maximum atomic E-state index is 11.3. The molecule has 5 heteroatoms. The molecule has 0 aromatic carbocycles. The van der Waals surface area contributed by atoms with Crippen molar-refractivity contribution < 1.29 is 25.2 Å². The fourth-order valence-corrected chi connectivity index (χ4v) is 1.17. The van der Waals surface area contributed by atoms with Gasteiger partial charge in [0.15, 0.2) is 5.78 Å². The van der Waals surface area contributed by atoms with Crippen LogP contribution in [0.25, 0.3) is 0 Å². The van der Waals surface area contributed by atoms with Gasteiger partial charge in [0.2, 0.25) is 0 Å².